The Morgan fingerprint density at radius 3 is 2.35 bits per heavy atom. The molecule has 4 N–H and O–H groups in total. The van der Waals surface area contributed by atoms with E-state index >= 15 is 0 Å². The third kappa shape index (κ3) is 3.89. The summed E-state index contributed by atoms with van der Waals surface area (Å²) in [4.78, 5) is 22.4. The molecule has 0 spiro atoms. The van der Waals surface area contributed by atoms with Crippen molar-refractivity contribution in [2.45, 2.75) is 57.2 Å². The van der Waals surface area contributed by atoms with E-state index in [1.165, 1.54) is 13.8 Å². The highest BCUT2D eigenvalue weighted by molar-refractivity contribution is 5.85. The fraction of sp³-hybridized carbons (Fsp3) is 0.818. The van der Waals surface area contributed by atoms with Gasteiger partial charge < -0.3 is 20.8 Å². The molecule has 6 nitrogen and oxygen atoms in total. The van der Waals surface area contributed by atoms with Crippen molar-refractivity contribution in [2.24, 2.45) is 0 Å². The summed E-state index contributed by atoms with van der Waals surface area (Å²) in [6.45, 7) is 2.82. The molecule has 1 rings (SSSR count). The Balaban J connectivity index is 2.46. The van der Waals surface area contributed by atoms with E-state index in [0.29, 0.717) is 6.42 Å². The quantitative estimate of drug-likeness (QED) is 0.579. The van der Waals surface area contributed by atoms with Crippen molar-refractivity contribution in [1.82, 2.24) is 10.6 Å². The number of carbonyl (C=O) groups is 2. The van der Waals surface area contributed by atoms with Gasteiger partial charge in [-0.05, 0) is 26.7 Å². The van der Waals surface area contributed by atoms with E-state index in [0.717, 1.165) is 19.3 Å². The first-order chi connectivity index (χ1) is 7.83. The maximum absolute atomic E-state index is 11.6. The van der Waals surface area contributed by atoms with E-state index in [1.54, 1.807) is 0 Å². The van der Waals surface area contributed by atoms with E-state index in [2.05, 4.69) is 10.6 Å². The minimum Gasteiger partial charge on any atom is -0.480 e. The average Bonchev–Trinajstić information content (AvgIpc) is 2.20. The molecular weight excluding hydrogens is 224 g/mol. The van der Waals surface area contributed by atoms with Crippen LogP contribution in [0.2, 0.25) is 0 Å². The summed E-state index contributed by atoms with van der Waals surface area (Å²) < 4.78 is 0. The van der Waals surface area contributed by atoms with Crippen LogP contribution in [0.4, 0.5) is 4.79 Å². The van der Waals surface area contributed by atoms with Crippen LogP contribution in [0.3, 0.4) is 0 Å². The summed E-state index contributed by atoms with van der Waals surface area (Å²) in [5, 5.41) is 23.5. The molecule has 0 heterocycles. The molecule has 2 amide bonds. The minimum absolute atomic E-state index is 0.284. The first kappa shape index (κ1) is 13.8. The molecule has 1 saturated carbocycles. The highest BCUT2D eigenvalue weighted by Crippen LogP contribution is 2.18. The molecule has 17 heavy (non-hydrogen) atoms. The largest absolute Gasteiger partial charge is 0.480 e. The lowest BCUT2D eigenvalue weighted by molar-refractivity contribution is -0.142. The maximum atomic E-state index is 11.6. The van der Waals surface area contributed by atoms with E-state index in [4.69, 9.17) is 5.11 Å². The highest BCUT2D eigenvalue weighted by atomic mass is 16.4. The van der Waals surface area contributed by atoms with Gasteiger partial charge in [-0.15, -0.1) is 0 Å². The zero-order valence-corrected chi connectivity index (χ0v) is 10.2. The Morgan fingerprint density at radius 2 is 1.82 bits per heavy atom. The number of nitrogens with one attached hydrogen (secondary N) is 2. The number of amides is 2. The van der Waals surface area contributed by atoms with Gasteiger partial charge >= 0.3 is 12.0 Å². The fourth-order valence-corrected chi connectivity index (χ4v) is 1.82. The van der Waals surface area contributed by atoms with Gasteiger partial charge in [-0.1, -0.05) is 12.8 Å². The number of aliphatic hydroxyl groups is 1. The number of carboxylic acid groups (broad SMARTS) is 1. The molecule has 98 valence electrons. The summed E-state index contributed by atoms with van der Waals surface area (Å²) in [5.74, 6) is -1.10. The molecule has 6 heteroatoms. The van der Waals surface area contributed by atoms with Crippen molar-refractivity contribution in [2.75, 3.05) is 0 Å². The van der Waals surface area contributed by atoms with Crippen LogP contribution < -0.4 is 10.6 Å². The molecule has 0 aromatic heterocycles. The number of rotatable bonds is 3. The van der Waals surface area contributed by atoms with Crippen LogP contribution >= 0.6 is 0 Å². The lowest BCUT2D eigenvalue weighted by atomic mass is 9.93. The Kier molecular flexibility index (Phi) is 4.34. The number of hydrogen-bond donors (Lipinski definition) is 4. The van der Waals surface area contributed by atoms with Crippen LogP contribution in [0.25, 0.3) is 0 Å². The first-order valence-corrected chi connectivity index (χ1v) is 5.83. The SMILES string of the molecule is CC(C)(NC(=O)NC1CCCCC1O)C(=O)O. The van der Waals surface area contributed by atoms with Crippen molar-refractivity contribution in [1.29, 1.82) is 0 Å². The molecule has 1 aliphatic rings. The Hall–Kier alpha value is -1.30. The minimum atomic E-state index is -1.32. The van der Waals surface area contributed by atoms with Crippen molar-refractivity contribution < 1.29 is 19.8 Å². The molecule has 0 bridgehead atoms. The maximum Gasteiger partial charge on any atom is 0.328 e. The smallest absolute Gasteiger partial charge is 0.328 e. The van der Waals surface area contributed by atoms with Gasteiger partial charge in [0.25, 0.3) is 0 Å². The molecule has 2 unspecified atom stereocenters. The van der Waals surface area contributed by atoms with E-state index < -0.39 is 23.6 Å². The number of aliphatic hydroxyl groups excluding tert-OH is 1. The number of urea groups is 1. The molecule has 1 fully saturated rings. The van der Waals surface area contributed by atoms with E-state index in [9.17, 15) is 14.7 Å². The molecule has 0 aliphatic heterocycles. The third-order valence-electron chi connectivity index (χ3n) is 3.01. The average molecular weight is 244 g/mol. The third-order valence-corrected chi connectivity index (χ3v) is 3.01. The molecule has 0 aromatic carbocycles. The van der Waals surface area contributed by atoms with Crippen molar-refractivity contribution >= 4 is 12.0 Å². The zero-order chi connectivity index (χ0) is 13.1. The van der Waals surface area contributed by atoms with Gasteiger partial charge in [0.05, 0.1) is 12.1 Å². The lowest BCUT2D eigenvalue weighted by Gasteiger charge is -2.30. The van der Waals surface area contributed by atoms with Gasteiger partial charge in [0, 0.05) is 0 Å². The second kappa shape index (κ2) is 5.35. The predicted octanol–water partition coefficient (Wildman–Crippen LogP) is 0.452. The van der Waals surface area contributed by atoms with Crippen LogP contribution in [-0.4, -0.2) is 39.9 Å². The van der Waals surface area contributed by atoms with Gasteiger partial charge in [0.1, 0.15) is 5.54 Å². The van der Waals surface area contributed by atoms with Crippen molar-refractivity contribution in [3.05, 3.63) is 0 Å². The highest BCUT2D eigenvalue weighted by Gasteiger charge is 2.31. The van der Waals surface area contributed by atoms with Gasteiger partial charge in [-0.2, -0.15) is 0 Å². The Bertz CT molecular complexity index is 304. The van der Waals surface area contributed by atoms with E-state index in [-0.39, 0.29) is 6.04 Å². The normalized spacial score (nSPS) is 25.1. The second-order valence-corrected chi connectivity index (χ2v) is 4.99. The molecule has 1 aliphatic carbocycles. The number of hydrogen-bond acceptors (Lipinski definition) is 3. The van der Waals surface area contributed by atoms with Gasteiger partial charge in [0.2, 0.25) is 0 Å². The van der Waals surface area contributed by atoms with Gasteiger partial charge in [-0.3, -0.25) is 0 Å². The second-order valence-electron chi connectivity index (χ2n) is 4.99. The summed E-state index contributed by atoms with van der Waals surface area (Å²) in [5.41, 5.74) is -1.32. The van der Waals surface area contributed by atoms with Crippen LogP contribution in [-0.2, 0) is 4.79 Å². The van der Waals surface area contributed by atoms with Crippen molar-refractivity contribution in [3.63, 3.8) is 0 Å². The summed E-state index contributed by atoms with van der Waals surface area (Å²) in [7, 11) is 0. The summed E-state index contributed by atoms with van der Waals surface area (Å²) in [6.07, 6.45) is 2.78. The van der Waals surface area contributed by atoms with Crippen LogP contribution in [0.15, 0.2) is 0 Å². The summed E-state index contributed by atoms with van der Waals surface area (Å²) >= 11 is 0. The van der Waals surface area contributed by atoms with Crippen LogP contribution in [0.1, 0.15) is 39.5 Å². The molecule has 0 aromatic rings. The topological polar surface area (TPSA) is 98.7 Å². The lowest BCUT2D eigenvalue weighted by Crippen LogP contribution is -2.56. The molecule has 0 radical (unpaired) electrons. The monoisotopic (exact) mass is 244 g/mol. The summed E-state index contributed by atoms with van der Waals surface area (Å²) in [6, 6.07) is -0.836. The first-order valence-electron chi connectivity index (χ1n) is 5.83. The molecule has 2 atom stereocenters. The molecule has 0 saturated heterocycles. The molecular formula is C11H20N2O4. The van der Waals surface area contributed by atoms with Gasteiger partial charge in [0.15, 0.2) is 0 Å². The van der Waals surface area contributed by atoms with E-state index in [1.807, 2.05) is 0 Å². The number of aliphatic carboxylic acids is 1. The standard InChI is InChI=1S/C11H20N2O4/c1-11(2,9(15)16)13-10(17)12-7-5-3-4-6-8(7)14/h7-8,14H,3-6H2,1-2H3,(H,15,16)(H2,12,13,17). The predicted molar refractivity (Wildman–Crippen MR) is 61.6 cm³/mol. The number of carbonyl (C=O) groups excluding carboxylic acids is 1. The Morgan fingerprint density at radius 1 is 1.24 bits per heavy atom. The zero-order valence-electron chi connectivity index (χ0n) is 10.2. The van der Waals surface area contributed by atoms with Crippen molar-refractivity contribution in [3.8, 4) is 0 Å². The Labute approximate surface area is 100 Å². The van der Waals surface area contributed by atoms with Gasteiger partial charge in [-0.25, -0.2) is 9.59 Å². The van der Waals surface area contributed by atoms with Crippen LogP contribution in [0.5, 0.6) is 0 Å². The van der Waals surface area contributed by atoms with Crippen LogP contribution in [0, 0.1) is 0 Å². The number of carboxylic acids is 1. The fourth-order valence-electron chi connectivity index (χ4n) is 1.82.